The second kappa shape index (κ2) is 8.93. The van der Waals surface area contributed by atoms with E-state index in [2.05, 4.69) is 72.2 Å². The fourth-order valence-electron chi connectivity index (χ4n) is 3.26. The summed E-state index contributed by atoms with van der Waals surface area (Å²) in [5.41, 5.74) is 3.59. The van der Waals surface area contributed by atoms with E-state index in [4.69, 9.17) is 9.52 Å². The van der Waals surface area contributed by atoms with Crippen LogP contribution < -0.4 is 10.2 Å². The van der Waals surface area contributed by atoms with Crippen LogP contribution >= 0.6 is 0 Å². The lowest BCUT2D eigenvalue weighted by Gasteiger charge is -2.37. The van der Waals surface area contributed by atoms with Gasteiger partial charge in [-0.25, -0.2) is 4.99 Å². The second-order valence-electron chi connectivity index (χ2n) is 7.36. The van der Waals surface area contributed by atoms with Crippen molar-refractivity contribution in [2.75, 3.05) is 37.6 Å². The molecule has 1 aromatic carbocycles. The highest BCUT2D eigenvalue weighted by atomic mass is 16.5. The van der Waals surface area contributed by atoms with Crippen LogP contribution in [0, 0.1) is 6.92 Å². The average Bonchev–Trinajstić information content (AvgIpc) is 3.15. The van der Waals surface area contributed by atoms with Crippen molar-refractivity contribution in [3.8, 4) is 0 Å². The third kappa shape index (κ3) is 5.02. The first-order chi connectivity index (χ1) is 13.1. The molecule has 146 valence electrons. The van der Waals surface area contributed by atoms with E-state index < -0.39 is 0 Å². The molecule has 0 bridgehead atoms. The van der Waals surface area contributed by atoms with Crippen LogP contribution in [0.5, 0.6) is 0 Å². The molecule has 0 unspecified atom stereocenters. The van der Waals surface area contributed by atoms with E-state index in [1.807, 2.05) is 6.07 Å². The van der Waals surface area contributed by atoms with E-state index in [0.29, 0.717) is 12.5 Å². The third-order valence-corrected chi connectivity index (χ3v) is 4.83. The van der Waals surface area contributed by atoms with Crippen molar-refractivity contribution >= 4 is 11.6 Å². The lowest BCUT2D eigenvalue weighted by Crippen LogP contribution is -2.52. The molecule has 6 nitrogen and oxygen atoms in total. The Morgan fingerprint density at radius 1 is 1.22 bits per heavy atom. The molecule has 2 heterocycles. The summed E-state index contributed by atoms with van der Waals surface area (Å²) >= 11 is 0. The van der Waals surface area contributed by atoms with Crippen LogP contribution in [0.1, 0.15) is 43.7 Å². The van der Waals surface area contributed by atoms with E-state index in [-0.39, 0.29) is 0 Å². The van der Waals surface area contributed by atoms with Crippen molar-refractivity contribution in [1.82, 2.24) is 15.4 Å². The average molecular weight is 370 g/mol. The number of benzene rings is 1. The molecule has 6 heteroatoms. The molecule has 3 rings (SSSR count). The number of guanidine groups is 1. The summed E-state index contributed by atoms with van der Waals surface area (Å²) in [5, 5.41) is 7.53. The maximum absolute atomic E-state index is 5.42. The standard InChI is InChI=1S/C21H31N5O/c1-5-22-21(23-15-19-14-20(16(2)3)24-27-19)26-11-9-25(10-12-26)18-8-6-7-17(4)13-18/h6-8,13-14,16H,5,9-12,15H2,1-4H3,(H,22,23). The van der Waals surface area contributed by atoms with Gasteiger partial charge in [-0.05, 0) is 37.5 Å². The molecular weight excluding hydrogens is 338 g/mol. The zero-order valence-corrected chi connectivity index (χ0v) is 16.9. The number of anilines is 1. The van der Waals surface area contributed by atoms with Crippen molar-refractivity contribution in [1.29, 1.82) is 0 Å². The number of aryl methyl sites for hydroxylation is 1. The molecule has 0 atom stereocenters. The van der Waals surface area contributed by atoms with Crippen molar-refractivity contribution in [2.24, 2.45) is 4.99 Å². The minimum Gasteiger partial charge on any atom is -0.368 e. The minimum atomic E-state index is 0.370. The molecule has 0 aliphatic carbocycles. The molecule has 0 saturated carbocycles. The quantitative estimate of drug-likeness (QED) is 0.647. The van der Waals surface area contributed by atoms with Gasteiger partial charge in [0.05, 0.1) is 5.69 Å². The first-order valence-electron chi connectivity index (χ1n) is 9.87. The number of aromatic nitrogens is 1. The van der Waals surface area contributed by atoms with E-state index >= 15 is 0 Å². The van der Waals surface area contributed by atoms with E-state index in [1.165, 1.54) is 11.3 Å². The van der Waals surface area contributed by atoms with E-state index in [9.17, 15) is 0 Å². The Morgan fingerprint density at radius 3 is 2.63 bits per heavy atom. The predicted octanol–water partition coefficient (Wildman–Crippen LogP) is 3.39. The van der Waals surface area contributed by atoms with Crippen molar-refractivity contribution in [3.63, 3.8) is 0 Å². The van der Waals surface area contributed by atoms with Crippen LogP contribution in [0.2, 0.25) is 0 Å². The van der Waals surface area contributed by atoms with E-state index in [1.54, 1.807) is 0 Å². The largest absolute Gasteiger partial charge is 0.368 e. The van der Waals surface area contributed by atoms with Crippen LogP contribution in [0.4, 0.5) is 5.69 Å². The number of nitrogens with one attached hydrogen (secondary N) is 1. The molecule has 1 N–H and O–H groups in total. The summed E-state index contributed by atoms with van der Waals surface area (Å²) in [5.74, 6) is 2.13. The lowest BCUT2D eigenvalue weighted by atomic mass is 10.1. The topological polar surface area (TPSA) is 56.9 Å². The second-order valence-corrected chi connectivity index (χ2v) is 7.36. The number of aliphatic imine (C=N–C) groups is 1. The molecule has 1 fully saturated rings. The summed E-state index contributed by atoms with van der Waals surface area (Å²) < 4.78 is 5.42. The molecule has 1 aliphatic heterocycles. The van der Waals surface area contributed by atoms with Gasteiger partial charge in [0.15, 0.2) is 11.7 Å². The molecule has 27 heavy (non-hydrogen) atoms. The third-order valence-electron chi connectivity index (χ3n) is 4.83. The first-order valence-corrected chi connectivity index (χ1v) is 9.87. The highest BCUT2D eigenvalue weighted by Crippen LogP contribution is 2.18. The number of piperazine rings is 1. The van der Waals surface area contributed by atoms with Crippen LogP contribution in [0.15, 0.2) is 39.8 Å². The number of hydrogen-bond donors (Lipinski definition) is 1. The first kappa shape index (κ1) is 19.3. The van der Waals surface area contributed by atoms with Gasteiger partial charge in [-0.1, -0.05) is 31.1 Å². The van der Waals surface area contributed by atoms with Crippen molar-refractivity contribution < 1.29 is 4.52 Å². The molecule has 0 amide bonds. The van der Waals surface area contributed by atoms with Gasteiger partial charge in [0.25, 0.3) is 0 Å². The normalized spacial score (nSPS) is 15.5. The minimum absolute atomic E-state index is 0.370. The predicted molar refractivity (Wildman–Crippen MR) is 110 cm³/mol. The van der Waals surface area contributed by atoms with Crippen LogP contribution in [-0.4, -0.2) is 48.7 Å². The van der Waals surface area contributed by atoms with Gasteiger partial charge >= 0.3 is 0 Å². The van der Waals surface area contributed by atoms with Crippen LogP contribution in [0.3, 0.4) is 0 Å². The van der Waals surface area contributed by atoms with Gasteiger partial charge in [-0.3, -0.25) is 0 Å². The highest BCUT2D eigenvalue weighted by molar-refractivity contribution is 5.80. The summed E-state index contributed by atoms with van der Waals surface area (Å²) in [6, 6.07) is 10.7. The summed E-state index contributed by atoms with van der Waals surface area (Å²) in [6.07, 6.45) is 0. The number of nitrogens with zero attached hydrogens (tertiary/aromatic N) is 4. The maximum atomic E-state index is 5.42. The number of rotatable bonds is 5. The van der Waals surface area contributed by atoms with Crippen molar-refractivity contribution in [3.05, 3.63) is 47.3 Å². The Balaban J connectivity index is 1.61. The molecule has 0 radical (unpaired) electrons. The summed E-state index contributed by atoms with van der Waals surface area (Å²) in [7, 11) is 0. The van der Waals surface area contributed by atoms with Gasteiger partial charge < -0.3 is 19.6 Å². The van der Waals surface area contributed by atoms with Crippen LogP contribution in [-0.2, 0) is 6.54 Å². The molecule has 1 aromatic heterocycles. The Labute approximate surface area is 162 Å². The zero-order chi connectivity index (χ0) is 19.2. The van der Waals surface area contributed by atoms with Crippen molar-refractivity contribution in [2.45, 2.75) is 40.2 Å². The molecule has 2 aromatic rings. The Morgan fingerprint density at radius 2 is 2.00 bits per heavy atom. The number of hydrogen-bond acceptors (Lipinski definition) is 4. The zero-order valence-electron chi connectivity index (χ0n) is 16.9. The lowest BCUT2D eigenvalue weighted by molar-refractivity contribution is 0.364. The molecule has 1 saturated heterocycles. The maximum Gasteiger partial charge on any atom is 0.194 e. The van der Waals surface area contributed by atoms with Gasteiger partial charge in [0, 0.05) is 44.5 Å². The van der Waals surface area contributed by atoms with Crippen LogP contribution in [0.25, 0.3) is 0 Å². The summed E-state index contributed by atoms with van der Waals surface area (Å²) in [4.78, 5) is 9.54. The fraction of sp³-hybridized carbons (Fsp3) is 0.524. The van der Waals surface area contributed by atoms with Gasteiger partial charge in [-0.2, -0.15) is 0 Å². The molecule has 1 aliphatic rings. The fourth-order valence-corrected chi connectivity index (χ4v) is 3.26. The van der Waals surface area contributed by atoms with Gasteiger partial charge in [0.1, 0.15) is 6.54 Å². The summed E-state index contributed by atoms with van der Waals surface area (Å²) in [6.45, 7) is 13.7. The molecule has 0 spiro atoms. The smallest absolute Gasteiger partial charge is 0.194 e. The van der Waals surface area contributed by atoms with Gasteiger partial charge in [0.2, 0.25) is 0 Å². The SMILES string of the molecule is CCNC(=NCc1cc(C(C)C)no1)N1CCN(c2cccc(C)c2)CC1. The van der Waals surface area contributed by atoms with E-state index in [0.717, 1.165) is 50.1 Å². The Hall–Kier alpha value is -2.50. The molecular formula is C21H31N5O. The monoisotopic (exact) mass is 369 g/mol. The Kier molecular flexibility index (Phi) is 6.37. The van der Waals surface area contributed by atoms with Gasteiger partial charge in [-0.15, -0.1) is 0 Å². The Bertz CT molecular complexity index is 759. The highest BCUT2D eigenvalue weighted by Gasteiger charge is 2.20.